The van der Waals surface area contributed by atoms with Crippen LogP contribution < -0.4 is 11.3 Å². The standard InChI is InChI=1S/C15H12ClFN4O3/c1-8(24-15(18)23)13-19-20-6-5-11(16)12(20)14(22)21(13)10-4-2-3-9(17)7-10/h2-8H,1H3,(H2,18,23)/t8-/m0/s1. The zero-order chi connectivity index (χ0) is 17.4. The summed E-state index contributed by atoms with van der Waals surface area (Å²) in [6.07, 6.45) is -0.465. The number of rotatable bonds is 3. The van der Waals surface area contributed by atoms with E-state index in [4.69, 9.17) is 22.1 Å². The predicted molar refractivity (Wildman–Crippen MR) is 84.8 cm³/mol. The number of nitrogens with two attached hydrogens (primary N) is 1. The summed E-state index contributed by atoms with van der Waals surface area (Å²) in [6.45, 7) is 1.50. The van der Waals surface area contributed by atoms with E-state index in [1.54, 1.807) is 0 Å². The van der Waals surface area contributed by atoms with E-state index in [1.807, 2.05) is 0 Å². The van der Waals surface area contributed by atoms with Gasteiger partial charge in [0, 0.05) is 6.20 Å². The molecule has 0 saturated heterocycles. The molecular weight excluding hydrogens is 339 g/mol. The largest absolute Gasteiger partial charge is 0.438 e. The molecule has 1 atom stereocenters. The van der Waals surface area contributed by atoms with Crippen LogP contribution in [0, 0.1) is 5.82 Å². The molecular formula is C15H12ClFN4O3. The van der Waals surface area contributed by atoms with Gasteiger partial charge in [0.25, 0.3) is 5.56 Å². The van der Waals surface area contributed by atoms with Gasteiger partial charge in [-0.3, -0.25) is 9.36 Å². The quantitative estimate of drug-likeness (QED) is 0.785. The minimum atomic E-state index is -1.02. The van der Waals surface area contributed by atoms with Crippen LogP contribution in [0.4, 0.5) is 9.18 Å². The van der Waals surface area contributed by atoms with Crippen molar-refractivity contribution in [3.8, 4) is 5.69 Å². The molecule has 24 heavy (non-hydrogen) atoms. The molecule has 0 aliphatic heterocycles. The molecule has 0 fully saturated rings. The number of nitrogens with zero attached hydrogens (tertiary/aromatic N) is 3. The van der Waals surface area contributed by atoms with Crippen molar-refractivity contribution in [1.29, 1.82) is 0 Å². The van der Waals surface area contributed by atoms with Crippen molar-refractivity contribution in [2.24, 2.45) is 5.73 Å². The maximum Gasteiger partial charge on any atom is 0.405 e. The second-order valence-electron chi connectivity index (χ2n) is 5.01. The monoisotopic (exact) mass is 350 g/mol. The molecule has 0 bridgehead atoms. The molecule has 0 radical (unpaired) electrons. The first-order valence-electron chi connectivity index (χ1n) is 6.90. The molecule has 0 aliphatic carbocycles. The fourth-order valence-corrected chi connectivity index (χ4v) is 2.63. The summed E-state index contributed by atoms with van der Waals surface area (Å²) in [5.74, 6) is -0.459. The van der Waals surface area contributed by atoms with Crippen molar-refractivity contribution >= 4 is 23.2 Å². The highest BCUT2D eigenvalue weighted by atomic mass is 35.5. The van der Waals surface area contributed by atoms with E-state index in [1.165, 1.54) is 41.9 Å². The van der Waals surface area contributed by atoms with Crippen molar-refractivity contribution in [3.63, 3.8) is 0 Å². The number of hydrogen-bond donors (Lipinski definition) is 1. The maximum absolute atomic E-state index is 13.6. The Morgan fingerprint density at radius 3 is 2.83 bits per heavy atom. The minimum Gasteiger partial charge on any atom is -0.438 e. The molecule has 0 saturated carbocycles. The van der Waals surface area contributed by atoms with Crippen LogP contribution in [0.2, 0.25) is 5.02 Å². The highest BCUT2D eigenvalue weighted by Crippen LogP contribution is 2.21. The summed E-state index contributed by atoms with van der Waals surface area (Å²) < 4.78 is 20.9. The lowest BCUT2D eigenvalue weighted by Gasteiger charge is -2.17. The van der Waals surface area contributed by atoms with Gasteiger partial charge in [-0.2, -0.15) is 0 Å². The summed E-state index contributed by atoms with van der Waals surface area (Å²) in [7, 11) is 0. The van der Waals surface area contributed by atoms with Crippen molar-refractivity contribution < 1.29 is 13.9 Å². The Morgan fingerprint density at radius 2 is 2.17 bits per heavy atom. The predicted octanol–water partition coefficient (Wildman–Crippen LogP) is 2.43. The van der Waals surface area contributed by atoms with Crippen LogP contribution in [0.15, 0.2) is 41.3 Å². The van der Waals surface area contributed by atoms with E-state index in [0.717, 1.165) is 10.6 Å². The second-order valence-corrected chi connectivity index (χ2v) is 5.42. The normalized spacial score (nSPS) is 12.3. The summed E-state index contributed by atoms with van der Waals surface area (Å²) >= 11 is 6.03. The summed E-state index contributed by atoms with van der Waals surface area (Å²) in [5.41, 5.74) is 4.85. The molecule has 3 rings (SSSR count). The molecule has 0 aliphatic rings. The van der Waals surface area contributed by atoms with Gasteiger partial charge in [0.05, 0.1) is 10.7 Å². The third kappa shape index (κ3) is 2.71. The lowest BCUT2D eigenvalue weighted by Crippen LogP contribution is -2.29. The average Bonchev–Trinajstić information content (AvgIpc) is 2.88. The molecule has 1 amide bonds. The van der Waals surface area contributed by atoms with Crippen LogP contribution in [0.1, 0.15) is 18.9 Å². The number of halogens is 2. The van der Waals surface area contributed by atoms with Gasteiger partial charge in [-0.15, -0.1) is 5.10 Å². The zero-order valence-electron chi connectivity index (χ0n) is 12.4. The Balaban J connectivity index is 2.34. The molecule has 0 unspecified atom stereocenters. The van der Waals surface area contributed by atoms with E-state index < -0.39 is 23.6 Å². The fraction of sp³-hybridized carbons (Fsp3) is 0.133. The van der Waals surface area contributed by atoms with E-state index in [0.29, 0.717) is 0 Å². The number of aromatic nitrogens is 3. The van der Waals surface area contributed by atoms with Gasteiger partial charge in [-0.25, -0.2) is 13.7 Å². The van der Waals surface area contributed by atoms with Crippen molar-refractivity contribution in [2.45, 2.75) is 13.0 Å². The van der Waals surface area contributed by atoms with Gasteiger partial charge >= 0.3 is 6.09 Å². The number of carbonyl (C=O) groups excluding carboxylic acids is 1. The van der Waals surface area contributed by atoms with Crippen LogP contribution in [-0.2, 0) is 4.74 Å². The minimum absolute atomic E-state index is 0.0733. The average molecular weight is 351 g/mol. The van der Waals surface area contributed by atoms with Gasteiger partial charge in [-0.1, -0.05) is 17.7 Å². The van der Waals surface area contributed by atoms with E-state index in [9.17, 15) is 14.0 Å². The number of benzene rings is 1. The lowest BCUT2D eigenvalue weighted by atomic mass is 10.2. The first kappa shape index (κ1) is 16.0. The molecule has 1 aromatic carbocycles. The number of ether oxygens (including phenoxy) is 1. The molecule has 0 spiro atoms. The lowest BCUT2D eigenvalue weighted by molar-refractivity contribution is 0.109. The Kier molecular flexibility index (Phi) is 3.98. The van der Waals surface area contributed by atoms with Crippen LogP contribution >= 0.6 is 11.6 Å². The van der Waals surface area contributed by atoms with Crippen molar-refractivity contribution in [3.05, 3.63) is 63.5 Å². The highest BCUT2D eigenvalue weighted by Gasteiger charge is 2.22. The Hall–Kier alpha value is -2.87. The zero-order valence-corrected chi connectivity index (χ0v) is 13.2. The van der Waals surface area contributed by atoms with Crippen molar-refractivity contribution in [2.75, 3.05) is 0 Å². The molecule has 2 aromatic heterocycles. The Bertz CT molecular complexity index is 998. The van der Waals surface area contributed by atoms with E-state index in [2.05, 4.69) is 5.10 Å². The number of hydrogen-bond acceptors (Lipinski definition) is 4. The number of fused-ring (bicyclic) bond motifs is 1. The molecule has 9 heteroatoms. The first-order valence-corrected chi connectivity index (χ1v) is 7.28. The van der Waals surface area contributed by atoms with Gasteiger partial charge in [0.1, 0.15) is 11.3 Å². The summed E-state index contributed by atoms with van der Waals surface area (Å²) in [6, 6.07) is 6.89. The third-order valence-corrected chi connectivity index (χ3v) is 3.69. The Labute approximate surface area is 140 Å². The molecule has 2 heterocycles. The van der Waals surface area contributed by atoms with Gasteiger partial charge in [0.2, 0.25) is 0 Å². The third-order valence-electron chi connectivity index (χ3n) is 3.39. The SMILES string of the molecule is C[C@H](OC(N)=O)c1nn2ccc(Cl)c2c(=O)n1-c1cccc(F)c1. The Morgan fingerprint density at radius 1 is 1.42 bits per heavy atom. The smallest absolute Gasteiger partial charge is 0.405 e. The van der Waals surface area contributed by atoms with Crippen LogP contribution in [0.3, 0.4) is 0 Å². The summed E-state index contributed by atoms with van der Waals surface area (Å²) in [4.78, 5) is 23.9. The highest BCUT2D eigenvalue weighted by molar-refractivity contribution is 6.33. The molecule has 124 valence electrons. The van der Waals surface area contributed by atoms with Gasteiger partial charge < -0.3 is 10.5 Å². The topological polar surface area (TPSA) is 91.6 Å². The molecule has 2 N–H and O–H groups in total. The fourth-order valence-electron chi connectivity index (χ4n) is 2.40. The van der Waals surface area contributed by atoms with Gasteiger partial charge in [-0.05, 0) is 31.2 Å². The first-order chi connectivity index (χ1) is 11.4. The van der Waals surface area contributed by atoms with Crippen LogP contribution in [0.25, 0.3) is 11.2 Å². The van der Waals surface area contributed by atoms with Crippen LogP contribution in [0.5, 0.6) is 0 Å². The molecule has 3 aromatic rings. The second kappa shape index (κ2) is 5.97. The summed E-state index contributed by atoms with van der Waals surface area (Å²) in [5, 5.41) is 4.46. The van der Waals surface area contributed by atoms with Gasteiger partial charge in [0.15, 0.2) is 11.9 Å². The van der Waals surface area contributed by atoms with Crippen LogP contribution in [-0.4, -0.2) is 20.3 Å². The maximum atomic E-state index is 13.6. The number of primary amides is 1. The molecule has 7 nitrogen and oxygen atoms in total. The van der Waals surface area contributed by atoms with Crippen molar-refractivity contribution in [1.82, 2.24) is 14.2 Å². The van der Waals surface area contributed by atoms with E-state index in [-0.39, 0.29) is 22.1 Å². The number of carbonyl (C=O) groups is 1. The van der Waals surface area contributed by atoms with E-state index >= 15 is 0 Å². The number of amides is 1.